The van der Waals surface area contributed by atoms with Crippen LogP contribution in [0.15, 0.2) is 73.1 Å². The lowest BCUT2D eigenvalue weighted by Gasteiger charge is -2.14. The maximum absolute atomic E-state index is 12.4. The molecule has 7 nitrogen and oxygen atoms in total. The fourth-order valence-corrected chi connectivity index (χ4v) is 3.12. The van der Waals surface area contributed by atoms with Gasteiger partial charge in [-0.3, -0.25) is 19.5 Å². The van der Waals surface area contributed by atoms with Gasteiger partial charge in [-0.2, -0.15) is 0 Å². The number of nitrogens with zero attached hydrogens (tertiary/aromatic N) is 2. The van der Waals surface area contributed by atoms with Crippen molar-refractivity contribution < 1.29 is 14.4 Å². The number of pyridine rings is 1. The average molecular weight is 386 g/mol. The molecule has 0 unspecified atom stereocenters. The van der Waals surface area contributed by atoms with E-state index < -0.39 is 0 Å². The van der Waals surface area contributed by atoms with Gasteiger partial charge in [-0.15, -0.1) is 0 Å². The van der Waals surface area contributed by atoms with Gasteiger partial charge in [0.15, 0.2) is 0 Å². The molecule has 0 fully saturated rings. The maximum atomic E-state index is 12.4. The molecule has 0 aliphatic carbocycles. The molecule has 2 aromatic carbocycles. The number of aromatic nitrogens is 1. The Bertz CT molecular complexity index is 1030. The van der Waals surface area contributed by atoms with E-state index in [1.165, 1.54) is 4.90 Å². The number of carbonyl (C=O) groups is 3. The molecule has 0 radical (unpaired) electrons. The summed E-state index contributed by atoms with van der Waals surface area (Å²) in [5.41, 5.74) is 3.17. The van der Waals surface area contributed by atoms with Crippen LogP contribution in [0.4, 0.5) is 10.5 Å². The molecule has 144 valence electrons. The van der Waals surface area contributed by atoms with E-state index in [0.29, 0.717) is 23.4 Å². The number of hydrogen-bond donors (Lipinski definition) is 2. The second-order valence-corrected chi connectivity index (χ2v) is 6.61. The molecule has 4 rings (SSSR count). The smallest absolute Gasteiger partial charge is 0.319 e. The van der Waals surface area contributed by atoms with Crippen LogP contribution in [-0.4, -0.2) is 27.7 Å². The Morgan fingerprint density at radius 2 is 1.55 bits per heavy atom. The van der Waals surface area contributed by atoms with Gasteiger partial charge in [-0.1, -0.05) is 30.3 Å². The summed E-state index contributed by atoms with van der Waals surface area (Å²) in [6.45, 7) is 0.553. The summed E-state index contributed by atoms with van der Waals surface area (Å²) >= 11 is 0. The predicted molar refractivity (Wildman–Crippen MR) is 107 cm³/mol. The van der Waals surface area contributed by atoms with Crippen LogP contribution in [0.3, 0.4) is 0 Å². The highest BCUT2D eigenvalue weighted by Gasteiger charge is 2.34. The third kappa shape index (κ3) is 3.98. The van der Waals surface area contributed by atoms with Crippen molar-refractivity contribution in [2.45, 2.75) is 13.1 Å². The van der Waals surface area contributed by atoms with Crippen molar-refractivity contribution in [3.8, 4) is 0 Å². The average Bonchev–Trinajstić information content (AvgIpc) is 2.99. The van der Waals surface area contributed by atoms with Gasteiger partial charge in [-0.25, -0.2) is 4.79 Å². The van der Waals surface area contributed by atoms with Crippen LogP contribution in [0.25, 0.3) is 0 Å². The van der Waals surface area contributed by atoms with E-state index in [1.807, 2.05) is 12.1 Å². The number of hydrogen-bond acceptors (Lipinski definition) is 4. The van der Waals surface area contributed by atoms with Gasteiger partial charge in [0.1, 0.15) is 0 Å². The van der Waals surface area contributed by atoms with E-state index in [0.717, 1.165) is 11.1 Å². The third-order valence-electron chi connectivity index (χ3n) is 4.61. The van der Waals surface area contributed by atoms with Gasteiger partial charge in [0, 0.05) is 24.6 Å². The monoisotopic (exact) mass is 386 g/mol. The molecule has 1 aliphatic heterocycles. The van der Waals surface area contributed by atoms with Crippen LogP contribution in [0.2, 0.25) is 0 Å². The first-order valence-corrected chi connectivity index (χ1v) is 9.10. The van der Waals surface area contributed by atoms with Crippen LogP contribution >= 0.6 is 0 Å². The van der Waals surface area contributed by atoms with Crippen molar-refractivity contribution >= 4 is 23.5 Å². The van der Waals surface area contributed by atoms with Gasteiger partial charge in [0.2, 0.25) is 0 Å². The van der Waals surface area contributed by atoms with Crippen molar-refractivity contribution in [1.82, 2.24) is 15.2 Å². The Morgan fingerprint density at radius 3 is 2.17 bits per heavy atom. The molecule has 2 N–H and O–H groups in total. The lowest BCUT2D eigenvalue weighted by atomic mass is 10.1. The number of benzene rings is 2. The highest BCUT2D eigenvalue weighted by molar-refractivity contribution is 6.21. The van der Waals surface area contributed by atoms with Crippen LogP contribution in [0, 0.1) is 0 Å². The second-order valence-electron chi connectivity index (χ2n) is 6.61. The molecule has 7 heteroatoms. The van der Waals surface area contributed by atoms with E-state index in [-0.39, 0.29) is 24.4 Å². The van der Waals surface area contributed by atoms with Crippen LogP contribution in [0.5, 0.6) is 0 Å². The van der Waals surface area contributed by atoms with E-state index >= 15 is 0 Å². The van der Waals surface area contributed by atoms with Crippen molar-refractivity contribution in [1.29, 1.82) is 0 Å². The summed E-state index contributed by atoms with van der Waals surface area (Å²) in [5, 5.41) is 5.50. The minimum Gasteiger partial charge on any atom is -0.334 e. The van der Waals surface area contributed by atoms with Crippen molar-refractivity contribution in [3.63, 3.8) is 0 Å². The maximum Gasteiger partial charge on any atom is 0.319 e. The lowest BCUT2D eigenvalue weighted by Crippen LogP contribution is -2.29. The normalized spacial score (nSPS) is 12.6. The second kappa shape index (κ2) is 7.93. The van der Waals surface area contributed by atoms with Gasteiger partial charge in [-0.05, 0) is 41.5 Å². The number of imide groups is 1. The van der Waals surface area contributed by atoms with E-state index in [2.05, 4.69) is 15.6 Å². The van der Waals surface area contributed by atoms with Crippen LogP contribution in [-0.2, 0) is 13.1 Å². The van der Waals surface area contributed by atoms with Gasteiger partial charge in [0.05, 0.1) is 17.7 Å². The molecule has 0 saturated carbocycles. The summed E-state index contributed by atoms with van der Waals surface area (Å²) in [4.78, 5) is 42.1. The molecule has 1 aliphatic rings. The van der Waals surface area contributed by atoms with Crippen molar-refractivity contribution in [2.75, 3.05) is 5.32 Å². The van der Waals surface area contributed by atoms with Gasteiger partial charge in [0.25, 0.3) is 11.8 Å². The molecular formula is C22H18N4O3. The quantitative estimate of drug-likeness (QED) is 0.659. The fourth-order valence-electron chi connectivity index (χ4n) is 3.12. The number of anilines is 1. The number of carbonyl (C=O) groups excluding carboxylic acids is 3. The number of nitrogens with one attached hydrogen (secondary N) is 2. The largest absolute Gasteiger partial charge is 0.334 e. The first kappa shape index (κ1) is 18.4. The zero-order chi connectivity index (χ0) is 20.2. The minimum absolute atomic E-state index is 0.180. The molecule has 1 aromatic heterocycles. The molecule has 0 spiro atoms. The molecule has 29 heavy (non-hydrogen) atoms. The van der Waals surface area contributed by atoms with Crippen molar-refractivity contribution in [2.24, 2.45) is 0 Å². The summed E-state index contributed by atoms with van der Waals surface area (Å²) in [5.74, 6) is -0.579. The Hall–Kier alpha value is -4.00. The van der Waals surface area contributed by atoms with Crippen molar-refractivity contribution in [3.05, 3.63) is 95.3 Å². The summed E-state index contributed by atoms with van der Waals surface area (Å²) in [7, 11) is 0. The summed E-state index contributed by atoms with van der Waals surface area (Å²) < 4.78 is 0. The third-order valence-corrected chi connectivity index (χ3v) is 4.61. The zero-order valence-electron chi connectivity index (χ0n) is 15.5. The highest BCUT2D eigenvalue weighted by Crippen LogP contribution is 2.24. The lowest BCUT2D eigenvalue weighted by molar-refractivity contribution is 0.0642. The number of fused-ring (bicyclic) bond motifs is 1. The first-order valence-electron chi connectivity index (χ1n) is 9.10. The van der Waals surface area contributed by atoms with Crippen LogP contribution in [0.1, 0.15) is 31.8 Å². The molecule has 2 heterocycles. The number of amides is 4. The molecule has 4 amide bonds. The summed E-state index contributed by atoms with van der Waals surface area (Å²) in [6, 6.07) is 17.2. The van der Waals surface area contributed by atoms with E-state index in [4.69, 9.17) is 0 Å². The molecular weight excluding hydrogens is 368 g/mol. The Labute approximate surface area is 167 Å². The Kier molecular flexibility index (Phi) is 5.03. The van der Waals surface area contributed by atoms with Gasteiger partial charge < -0.3 is 10.6 Å². The molecule has 3 aromatic rings. The zero-order valence-corrected chi connectivity index (χ0v) is 15.5. The number of urea groups is 1. The topological polar surface area (TPSA) is 91.4 Å². The molecule has 0 saturated heterocycles. The SMILES string of the molecule is O=C(NCc1cccnc1)Nc1ccc(CN2C(=O)c3ccccc3C2=O)cc1. The van der Waals surface area contributed by atoms with Crippen LogP contribution < -0.4 is 10.6 Å². The summed E-state index contributed by atoms with van der Waals surface area (Å²) in [6.07, 6.45) is 3.36. The highest BCUT2D eigenvalue weighted by atomic mass is 16.2. The fraction of sp³-hybridized carbons (Fsp3) is 0.0909. The molecule has 0 atom stereocenters. The standard InChI is InChI=1S/C22H18N4O3/c27-20-18-5-1-2-6-19(18)21(28)26(20)14-15-7-9-17(10-8-15)25-22(29)24-13-16-4-3-11-23-12-16/h1-12H,13-14H2,(H2,24,25,29). The Morgan fingerprint density at radius 1 is 0.862 bits per heavy atom. The Balaban J connectivity index is 1.34. The van der Waals surface area contributed by atoms with E-state index in [9.17, 15) is 14.4 Å². The van der Waals surface area contributed by atoms with Gasteiger partial charge >= 0.3 is 6.03 Å². The predicted octanol–water partition coefficient (Wildman–Crippen LogP) is 3.20. The van der Waals surface area contributed by atoms with E-state index in [1.54, 1.807) is 60.9 Å². The minimum atomic E-state index is -0.332. The number of rotatable bonds is 5. The first-order chi connectivity index (χ1) is 14.1. The molecule has 0 bridgehead atoms.